The first-order valence-corrected chi connectivity index (χ1v) is 4.68. The van der Waals surface area contributed by atoms with Gasteiger partial charge in [0.15, 0.2) is 0 Å². The Bertz CT molecular complexity index is 398. The lowest BCUT2D eigenvalue weighted by Gasteiger charge is -2.14. The molecule has 1 aromatic carbocycles. The maximum Gasteiger partial charge on any atom is 0.339 e. The molecule has 0 heterocycles. The van der Waals surface area contributed by atoms with Crippen molar-refractivity contribution >= 4 is 5.97 Å². The zero-order chi connectivity index (χ0) is 12.3. The van der Waals surface area contributed by atoms with Crippen molar-refractivity contribution in [1.29, 1.82) is 0 Å². The van der Waals surface area contributed by atoms with Crippen molar-refractivity contribution in [2.45, 2.75) is 13.0 Å². The number of methoxy groups -OCH3 is 2. The molecule has 0 radical (unpaired) electrons. The standard InChI is InChI=1S/C11H14O5/c1-6(12)7-4-8(11(13)14)10(16-3)5-9(7)15-2/h4-6,12H,1-3H3,(H,13,14). The van der Waals surface area contributed by atoms with Crippen molar-refractivity contribution in [3.8, 4) is 11.5 Å². The summed E-state index contributed by atoms with van der Waals surface area (Å²) in [6.07, 6.45) is -0.807. The van der Waals surface area contributed by atoms with Gasteiger partial charge < -0.3 is 19.7 Å². The van der Waals surface area contributed by atoms with Crippen LogP contribution in [0.5, 0.6) is 11.5 Å². The normalized spacial score (nSPS) is 12.0. The van der Waals surface area contributed by atoms with Crippen molar-refractivity contribution in [2.75, 3.05) is 14.2 Å². The number of benzene rings is 1. The van der Waals surface area contributed by atoms with Gasteiger partial charge in [0, 0.05) is 11.6 Å². The van der Waals surface area contributed by atoms with E-state index in [2.05, 4.69) is 0 Å². The highest BCUT2D eigenvalue weighted by molar-refractivity contribution is 5.91. The summed E-state index contributed by atoms with van der Waals surface area (Å²) >= 11 is 0. The highest BCUT2D eigenvalue weighted by atomic mass is 16.5. The number of carbonyl (C=O) groups is 1. The predicted molar refractivity (Wildman–Crippen MR) is 57.1 cm³/mol. The third-order valence-corrected chi connectivity index (χ3v) is 2.23. The van der Waals surface area contributed by atoms with Crippen LogP contribution in [0, 0.1) is 0 Å². The molecule has 88 valence electrons. The molecule has 0 saturated heterocycles. The summed E-state index contributed by atoms with van der Waals surface area (Å²) < 4.78 is 9.99. The molecular weight excluding hydrogens is 212 g/mol. The minimum absolute atomic E-state index is 0.000741. The largest absolute Gasteiger partial charge is 0.496 e. The van der Waals surface area contributed by atoms with Crippen LogP contribution in [0.4, 0.5) is 0 Å². The molecule has 1 unspecified atom stereocenters. The van der Waals surface area contributed by atoms with Crippen molar-refractivity contribution < 1.29 is 24.5 Å². The van der Waals surface area contributed by atoms with Crippen LogP contribution in [0.25, 0.3) is 0 Å². The molecule has 0 spiro atoms. The molecule has 0 fully saturated rings. The van der Waals surface area contributed by atoms with Gasteiger partial charge in [-0.05, 0) is 13.0 Å². The average molecular weight is 226 g/mol. The average Bonchev–Trinajstić information content (AvgIpc) is 2.26. The molecule has 0 aliphatic rings. The topological polar surface area (TPSA) is 76.0 Å². The number of hydrogen-bond acceptors (Lipinski definition) is 4. The molecule has 1 atom stereocenters. The van der Waals surface area contributed by atoms with E-state index in [4.69, 9.17) is 14.6 Å². The highest BCUT2D eigenvalue weighted by Gasteiger charge is 2.18. The van der Waals surface area contributed by atoms with Crippen LogP contribution in [0.15, 0.2) is 12.1 Å². The second-order valence-corrected chi connectivity index (χ2v) is 3.28. The van der Waals surface area contributed by atoms with Crippen molar-refractivity contribution in [1.82, 2.24) is 0 Å². The number of carboxylic acids is 1. The van der Waals surface area contributed by atoms with Gasteiger partial charge in [0.25, 0.3) is 0 Å². The van der Waals surface area contributed by atoms with E-state index in [1.807, 2.05) is 0 Å². The van der Waals surface area contributed by atoms with Crippen LogP contribution in [0.3, 0.4) is 0 Å². The van der Waals surface area contributed by atoms with E-state index < -0.39 is 12.1 Å². The molecule has 0 aliphatic heterocycles. The summed E-state index contributed by atoms with van der Waals surface area (Å²) in [7, 11) is 2.82. The smallest absolute Gasteiger partial charge is 0.339 e. The van der Waals surface area contributed by atoms with Crippen molar-refractivity contribution in [2.24, 2.45) is 0 Å². The van der Waals surface area contributed by atoms with Gasteiger partial charge in [0.2, 0.25) is 0 Å². The van der Waals surface area contributed by atoms with Gasteiger partial charge in [-0.3, -0.25) is 0 Å². The Morgan fingerprint density at radius 1 is 1.25 bits per heavy atom. The van der Waals surface area contributed by atoms with Gasteiger partial charge in [0.1, 0.15) is 17.1 Å². The van der Waals surface area contributed by atoms with E-state index in [0.717, 1.165) is 0 Å². The Balaban J connectivity index is 3.40. The van der Waals surface area contributed by atoms with Gasteiger partial charge in [0.05, 0.1) is 20.3 Å². The fourth-order valence-corrected chi connectivity index (χ4v) is 1.42. The number of hydrogen-bond donors (Lipinski definition) is 2. The summed E-state index contributed by atoms with van der Waals surface area (Å²) in [6.45, 7) is 1.54. The summed E-state index contributed by atoms with van der Waals surface area (Å²) in [5.74, 6) is -0.507. The van der Waals surface area contributed by atoms with Crippen LogP contribution >= 0.6 is 0 Å². The molecule has 0 amide bonds. The lowest BCUT2D eigenvalue weighted by Crippen LogP contribution is -2.05. The SMILES string of the molecule is COc1cc(OC)c(C(C)O)cc1C(=O)O. The predicted octanol–water partition coefficient (Wildman–Crippen LogP) is 1.46. The molecule has 1 rings (SSSR count). The third kappa shape index (κ3) is 2.25. The third-order valence-electron chi connectivity index (χ3n) is 2.23. The monoisotopic (exact) mass is 226 g/mol. The zero-order valence-corrected chi connectivity index (χ0v) is 9.35. The first kappa shape index (κ1) is 12.3. The molecule has 0 saturated carbocycles. The fraction of sp³-hybridized carbons (Fsp3) is 0.364. The molecular formula is C11H14O5. The maximum absolute atomic E-state index is 11.0. The van der Waals surface area contributed by atoms with E-state index >= 15 is 0 Å². The van der Waals surface area contributed by atoms with Gasteiger partial charge in [-0.25, -0.2) is 4.79 Å². The minimum atomic E-state index is -1.11. The maximum atomic E-state index is 11.0. The van der Waals surface area contributed by atoms with Crippen LogP contribution < -0.4 is 9.47 Å². The molecule has 2 N–H and O–H groups in total. The highest BCUT2D eigenvalue weighted by Crippen LogP contribution is 2.32. The number of aliphatic hydroxyl groups is 1. The van der Waals surface area contributed by atoms with Crippen molar-refractivity contribution in [3.63, 3.8) is 0 Å². The van der Waals surface area contributed by atoms with Crippen LogP contribution in [-0.4, -0.2) is 30.4 Å². The molecule has 0 bridgehead atoms. The molecule has 1 aromatic rings. The Kier molecular flexibility index (Phi) is 3.73. The second-order valence-electron chi connectivity index (χ2n) is 3.28. The Labute approximate surface area is 93.2 Å². The van der Waals surface area contributed by atoms with E-state index in [0.29, 0.717) is 11.3 Å². The molecule has 0 aromatic heterocycles. The van der Waals surface area contributed by atoms with Crippen LogP contribution in [0.1, 0.15) is 28.9 Å². The Morgan fingerprint density at radius 3 is 2.19 bits per heavy atom. The number of aliphatic hydroxyl groups excluding tert-OH is 1. The van der Waals surface area contributed by atoms with Crippen LogP contribution in [-0.2, 0) is 0 Å². The number of aromatic carboxylic acids is 1. The zero-order valence-electron chi connectivity index (χ0n) is 9.35. The molecule has 16 heavy (non-hydrogen) atoms. The number of ether oxygens (including phenoxy) is 2. The van der Waals surface area contributed by atoms with Gasteiger partial charge in [-0.2, -0.15) is 0 Å². The number of carboxylic acid groups (broad SMARTS) is 1. The first-order chi connectivity index (χ1) is 7.51. The Hall–Kier alpha value is -1.75. The summed E-state index contributed by atoms with van der Waals surface area (Å²) in [4.78, 5) is 11.0. The summed E-state index contributed by atoms with van der Waals surface area (Å²) in [6, 6.07) is 2.80. The van der Waals surface area contributed by atoms with Gasteiger partial charge >= 0.3 is 5.97 Å². The lowest BCUT2D eigenvalue weighted by molar-refractivity contribution is 0.0693. The second kappa shape index (κ2) is 4.85. The lowest BCUT2D eigenvalue weighted by atomic mass is 10.0. The quantitative estimate of drug-likeness (QED) is 0.812. The molecule has 5 heteroatoms. The molecule has 5 nitrogen and oxygen atoms in total. The fourth-order valence-electron chi connectivity index (χ4n) is 1.42. The van der Waals surface area contributed by atoms with Crippen molar-refractivity contribution in [3.05, 3.63) is 23.3 Å². The van der Waals surface area contributed by atoms with E-state index in [1.54, 1.807) is 0 Å². The minimum Gasteiger partial charge on any atom is -0.496 e. The summed E-state index contributed by atoms with van der Waals surface area (Å²) in [5, 5.41) is 18.5. The van der Waals surface area contributed by atoms with Crippen LogP contribution in [0.2, 0.25) is 0 Å². The Morgan fingerprint density at radius 2 is 1.81 bits per heavy atom. The van der Waals surface area contributed by atoms with E-state index in [9.17, 15) is 9.90 Å². The van der Waals surface area contributed by atoms with E-state index in [1.165, 1.54) is 33.3 Å². The number of rotatable bonds is 4. The van der Waals surface area contributed by atoms with E-state index in [-0.39, 0.29) is 11.3 Å². The molecule has 0 aliphatic carbocycles. The van der Waals surface area contributed by atoms with Gasteiger partial charge in [-0.1, -0.05) is 0 Å². The first-order valence-electron chi connectivity index (χ1n) is 4.68. The summed E-state index contributed by atoms with van der Waals surface area (Å²) in [5.41, 5.74) is 0.417. The van der Waals surface area contributed by atoms with Gasteiger partial charge in [-0.15, -0.1) is 0 Å².